The Morgan fingerprint density at radius 1 is 0.892 bits per heavy atom. The third-order valence-corrected chi connectivity index (χ3v) is 6.17. The molecule has 0 saturated carbocycles. The van der Waals surface area contributed by atoms with Gasteiger partial charge in [0.15, 0.2) is 5.78 Å². The van der Waals surface area contributed by atoms with Crippen LogP contribution < -0.4 is 4.74 Å². The molecule has 0 aliphatic rings. The summed E-state index contributed by atoms with van der Waals surface area (Å²) in [7, 11) is 0. The van der Waals surface area contributed by atoms with Crippen LogP contribution in [0.2, 0.25) is 0 Å². The van der Waals surface area contributed by atoms with Crippen molar-refractivity contribution in [2.45, 2.75) is 79.5 Å². The minimum absolute atomic E-state index is 0.0376. The first-order valence-corrected chi connectivity index (χ1v) is 13.0. The highest BCUT2D eigenvalue weighted by atomic mass is 16.5. The lowest BCUT2D eigenvalue weighted by molar-refractivity contribution is -0.139. The van der Waals surface area contributed by atoms with E-state index >= 15 is 0 Å². The van der Waals surface area contributed by atoms with Crippen LogP contribution in [-0.2, 0) is 25.7 Å². The van der Waals surface area contributed by atoms with Crippen molar-refractivity contribution in [1.29, 1.82) is 0 Å². The van der Waals surface area contributed by atoms with Crippen molar-refractivity contribution in [1.82, 2.24) is 4.90 Å². The molecule has 0 fully saturated rings. The molecule has 0 amide bonds. The fourth-order valence-electron chi connectivity index (χ4n) is 4.25. The zero-order chi connectivity index (χ0) is 27.5. The van der Waals surface area contributed by atoms with Gasteiger partial charge in [-0.25, -0.2) is 4.79 Å². The number of hydrogen-bond donors (Lipinski definition) is 0. The summed E-state index contributed by atoms with van der Waals surface area (Å²) < 4.78 is 11.2. The number of nitrogens with zero attached hydrogens (tertiary/aromatic N) is 1. The van der Waals surface area contributed by atoms with Gasteiger partial charge in [-0.3, -0.25) is 14.5 Å². The van der Waals surface area contributed by atoms with Crippen LogP contribution >= 0.6 is 0 Å². The molecule has 2 aromatic carbocycles. The van der Waals surface area contributed by atoms with E-state index in [1.165, 1.54) is 13.0 Å². The molecule has 0 saturated heterocycles. The molecule has 0 unspecified atom stereocenters. The molecule has 6 heteroatoms. The molecule has 0 radical (unpaired) electrons. The topological polar surface area (TPSA) is 72.9 Å². The van der Waals surface area contributed by atoms with Crippen molar-refractivity contribution < 1.29 is 23.9 Å². The Kier molecular flexibility index (Phi) is 11.7. The fourth-order valence-corrected chi connectivity index (χ4v) is 4.25. The highest BCUT2D eigenvalue weighted by Gasteiger charge is 2.24. The molecule has 0 aliphatic heterocycles. The van der Waals surface area contributed by atoms with E-state index < -0.39 is 5.97 Å². The third-order valence-electron chi connectivity index (χ3n) is 6.17. The van der Waals surface area contributed by atoms with Gasteiger partial charge in [-0.05, 0) is 76.9 Å². The average molecular weight is 508 g/mol. The molecular weight excluding hydrogens is 466 g/mol. The number of allylic oxidation sites excluding steroid dienone is 1. The molecule has 0 N–H and O–H groups in total. The number of ether oxygens (including phenoxy) is 2. The van der Waals surface area contributed by atoms with Crippen molar-refractivity contribution in [2.75, 3.05) is 6.54 Å². The molecule has 2 rings (SSSR count). The lowest BCUT2D eigenvalue weighted by Gasteiger charge is -2.32. The summed E-state index contributed by atoms with van der Waals surface area (Å²) in [6, 6.07) is 16.5. The molecule has 0 aromatic heterocycles. The van der Waals surface area contributed by atoms with Crippen LogP contribution in [-0.4, -0.2) is 41.3 Å². The maximum atomic E-state index is 12.6. The van der Waals surface area contributed by atoms with E-state index in [1.807, 2.05) is 38.1 Å². The molecule has 37 heavy (non-hydrogen) atoms. The Bertz CT molecular complexity index is 1060. The van der Waals surface area contributed by atoms with Crippen molar-refractivity contribution in [3.05, 3.63) is 77.4 Å². The van der Waals surface area contributed by atoms with Crippen LogP contribution in [0.5, 0.6) is 5.75 Å². The number of ketones is 1. The highest BCUT2D eigenvalue weighted by Crippen LogP contribution is 2.36. The Morgan fingerprint density at radius 3 is 2.11 bits per heavy atom. The average Bonchev–Trinajstić information content (AvgIpc) is 2.84. The second-order valence-corrected chi connectivity index (χ2v) is 10.2. The summed E-state index contributed by atoms with van der Waals surface area (Å²) in [4.78, 5) is 38.1. The molecule has 200 valence electrons. The number of rotatable bonds is 13. The summed E-state index contributed by atoms with van der Waals surface area (Å²) >= 11 is 0. The number of carbonyl (C=O) groups is 3. The van der Waals surface area contributed by atoms with Crippen molar-refractivity contribution in [3.8, 4) is 5.75 Å². The zero-order valence-electron chi connectivity index (χ0n) is 23.2. The molecule has 0 spiro atoms. The summed E-state index contributed by atoms with van der Waals surface area (Å²) in [6.07, 6.45) is 3.13. The van der Waals surface area contributed by atoms with E-state index in [0.29, 0.717) is 17.8 Å². The smallest absolute Gasteiger partial charge is 0.331 e. The molecular formula is C31H41NO5. The van der Waals surface area contributed by atoms with Gasteiger partial charge in [0.2, 0.25) is 0 Å². The molecule has 0 aliphatic carbocycles. The quantitative estimate of drug-likeness (QED) is 0.186. The van der Waals surface area contributed by atoms with Gasteiger partial charge in [0.1, 0.15) is 12.4 Å². The maximum Gasteiger partial charge on any atom is 0.331 e. The summed E-state index contributed by atoms with van der Waals surface area (Å²) in [5.41, 5.74) is 2.77. The van der Waals surface area contributed by atoms with Gasteiger partial charge in [0, 0.05) is 29.6 Å². The number of carbonyl (C=O) groups excluding carboxylic acids is 3. The zero-order valence-corrected chi connectivity index (χ0v) is 23.2. The molecule has 0 bridgehead atoms. The summed E-state index contributed by atoms with van der Waals surface area (Å²) in [6.45, 7) is 14.7. The number of hydrogen-bond acceptors (Lipinski definition) is 6. The van der Waals surface area contributed by atoms with Gasteiger partial charge >= 0.3 is 11.9 Å². The van der Waals surface area contributed by atoms with E-state index in [-0.39, 0.29) is 30.2 Å². The monoisotopic (exact) mass is 507 g/mol. The van der Waals surface area contributed by atoms with Crippen LogP contribution in [0.25, 0.3) is 0 Å². The predicted molar refractivity (Wildman–Crippen MR) is 146 cm³/mol. The first kappa shape index (κ1) is 30.0. The van der Waals surface area contributed by atoms with E-state index in [0.717, 1.165) is 35.7 Å². The maximum absolute atomic E-state index is 12.6. The van der Waals surface area contributed by atoms with Gasteiger partial charge in [0.25, 0.3) is 0 Å². The number of benzene rings is 2. The van der Waals surface area contributed by atoms with Crippen molar-refractivity contribution in [2.24, 2.45) is 5.92 Å². The summed E-state index contributed by atoms with van der Waals surface area (Å²) in [5, 5.41) is 0. The Hall–Kier alpha value is -3.25. The normalized spacial score (nSPS) is 12.5. The second-order valence-electron chi connectivity index (χ2n) is 10.2. The molecule has 0 heterocycles. The van der Waals surface area contributed by atoms with Crippen LogP contribution in [0.3, 0.4) is 0 Å². The minimum atomic E-state index is -0.587. The SMILES string of the molecule is CC(=O)/C=C/C(=O)OCc1ccc(OC(=O)C(C)C)c([C@H](CCN(C(C)C)C(C)C)c2ccccc2)c1. The lowest BCUT2D eigenvalue weighted by Crippen LogP contribution is -2.38. The second kappa shape index (κ2) is 14.5. The summed E-state index contributed by atoms with van der Waals surface area (Å²) in [5.74, 6) is -0.903. The van der Waals surface area contributed by atoms with Crippen LogP contribution in [0.4, 0.5) is 0 Å². The van der Waals surface area contributed by atoms with E-state index in [9.17, 15) is 14.4 Å². The van der Waals surface area contributed by atoms with Crippen LogP contribution in [0, 0.1) is 5.92 Å². The van der Waals surface area contributed by atoms with E-state index in [2.05, 4.69) is 44.7 Å². The van der Waals surface area contributed by atoms with Gasteiger partial charge < -0.3 is 9.47 Å². The third kappa shape index (κ3) is 9.62. The standard InChI is InChI=1S/C31H41NO5/c1-21(2)31(35)37-29-15-14-25(20-36-30(34)16-13-24(7)33)19-28(29)27(26-11-9-8-10-12-26)17-18-32(22(3)4)23(5)6/h8-16,19,21-23,27H,17-18,20H2,1-7H3/b16-13+/t27-/m1/s1. The molecule has 1 atom stereocenters. The fraction of sp³-hybridized carbons (Fsp3) is 0.452. The van der Waals surface area contributed by atoms with Crippen molar-refractivity contribution >= 4 is 17.7 Å². The van der Waals surface area contributed by atoms with E-state index in [1.54, 1.807) is 12.1 Å². The Labute approximate surface area is 221 Å². The van der Waals surface area contributed by atoms with Gasteiger partial charge in [-0.15, -0.1) is 0 Å². The van der Waals surface area contributed by atoms with Crippen LogP contribution in [0.15, 0.2) is 60.7 Å². The molecule has 6 nitrogen and oxygen atoms in total. The minimum Gasteiger partial charge on any atom is -0.458 e. The Morgan fingerprint density at radius 2 is 1.54 bits per heavy atom. The Balaban J connectivity index is 2.47. The highest BCUT2D eigenvalue weighted by molar-refractivity contribution is 5.94. The largest absolute Gasteiger partial charge is 0.458 e. The predicted octanol–water partition coefficient (Wildman–Crippen LogP) is 6.08. The van der Waals surface area contributed by atoms with Crippen LogP contribution in [0.1, 0.15) is 77.5 Å². The van der Waals surface area contributed by atoms with Gasteiger partial charge in [-0.2, -0.15) is 0 Å². The van der Waals surface area contributed by atoms with Gasteiger partial charge in [0.05, 0.1) is 5.92 Å². The number of esters is 2. The first-order valence-electron chi connectivity index (χ1n) is 13.0. The lowest BCUT2D eigenvalue weighted by atomic mass is 9.86. The van der Waals surface area contributed by atoms with Gasteiger partial charge in [-0.1, -0.05) is 50.2 Å². The molecule has 2 aromatic rings. The van der Waals surface area contributed by atoms with E-state index in [4.69, 9.17) is 9.47 Å². The van der Waals surface area contributed by atoms with Crippen molar-refractivity contribution in [3.63, 3.8) is 0 Å². The first-order chi connectivity index (χ1) is 17.5.